The van der Waals surface area contributed by atoms with Crippen LogP contribution in [0.5, 0.6) is 0 Å². The number of anilines is 4. The molecule has 122 valence electrons. The second-order valence-electron chi connectivity index (χ2n) is 5.70. The fourth-order valence-electron chi connectivity index (χ4n) is 2.47. The Kier molecular flexibility index (Phi) is 4.62. The first kappa shape index (κ1) is 16.2. The maximum Gasteiger partial charge on any atom is 0.249 e. The molecule has 0 aliphatic heterocycles. The molecular formula is C18H18ClN5. The van der Waals surface area contributed by atoms with Gasteiger partial charge in [-0.1, -0.05) is 23.7 Å². The van der Waals surface area contributed by atoms with Gasteiger partial charge in [-0.15, -0.1) is 5.10 Å². The Morgan fingerprint density at radius 3 is 2.46 bits per heavy atom. The Labute approximate surface area is 146 Å². The topological polar surface area (TPSA) is 62.7 Å². The zero-order valence-corrected chi connectivity index (χ0v) is 14.5. The Morgan fingerprint density at radius 1 is 0.958 bits per heavy atom. The number of aryl methyl sites for hydroxylation is 2. The molecule has 0 saturated carbocycles. The molecule has 0 atom stereocenters. The molecule has 2 N–H and O–H groups in total. The summed E-state index contributed by atoms with van der Waals surface area (Å²) in [5, 5.41) is 15.2. The normalized spacial score (nSPS) is 10.5. The number of hydrogen-bond acceptors (Lipinski definition) is 5. The van der Waals surface area contributed by atoms with Gasteiger partial charge in [-0.05, 0) is 61.7 Å². The molecule has 0 radical (unpaired) electrons. The number of halogens is 1. The molecule has 0 saturated heterocycles. The third-order valence-corrected chi connectivity index (χ3v) is 3.98. The van der Waals surface area contributed by atoms with E-state index in [0.29, 0.717) is 16.8 Å². The van der Waals surface area contributed by atoms with Crippen LogP contribution in [-0.4, -0.2) is 15.2 Å². The van der Waals surface area contributed by atoms with E-state index < -0.39 is 0 Å². The molecule has 0 aliphatic rings. The Bertz CT molecular complexity index is 859. The highest BCUT2D eigenvalue weighted by molar-refractivity contribution is 6.31. The molecule has 1 heterocycles. The van der Waals surface area contributed by atoms with Crippen LogP contribution >= 0.6 is 11.6 Å². The van der Waals surface area contributed by atoms with E-state index in [1.807, 2.05) is 37.3 Å². The average Bonchev–Trinajstić information content (AvgIpc) is 2.51. The zero-order valence-electron chi connectivity index (χ0n) is 13.8. The maximum absolute atomic E-state index is 6.15. The van der Waals surface area contributed by atoms with Gasteiger partial charge in [-0.3, -0.25) is 0 Å². The second-order valence-corrected chi connectivity index (χ2v) is 6.11. The van der Waals surface area contributed by atoms with Crippen LogP contribution in [0.2, 0.25) is 5.02 Å². The number of nitrogens with zero attached hydrogens (tertiary/aromatic N) is 3. The van der Waals surface area contributed by atoms with E-state index >= 15 is 0 Å². The van der Waals surface area contributed by atoms with Gasteiger partial charge < -0.3 is 10.6 Å². The van der Waals surface area contributed by atoms with E-state index in [-0.39, 0.29) is 0 Å². The van der Waals surface area contributed by atoms with Crippen molar-refractivity contribution in [2.75, 3.05) is 10.6 Å². The maximum atomic E-state index is 6.15. The van der Waals surface area contributed by atoms with Crippen LogP contribution in [0.3, 0.4) is 0 Å². The SMILES string of the molecule is Cc1cc(C)cc(Nc2nncc(Nc3cccc(Cl)c3C)n2)c1. The fraction of sp³-hybridized carbons (Fsp3) is 0.167. The minimum absolute atomic E-state index is 0.435. The summed E-state index contributed by atoms with van der Waals surface area (Å²) < 4.78 is 0. The van der Waals surface area contributed by atoms with Gasteiger partial charge in [0, 0.05) is 16.4 Å². The van der Waals surface area contributed by atoms with Crippen molar-refractivity contribution in [3.8, 4) is 0 Å². The number of rotatable bonds is 4. The summed E-state index contributed by atoms with van der Waals surface area (Å²) in [4.78, 5) is 4.45. The van der Waals surface area contributed by atoms with Crippen molar-refractivity contribution in [1.29, 1.82) is 0 Å². The monoisotopic (exact) mass is 339 g/mol. The molecule has 3 aromatic rings. The molecule has 0 amide bonds. The van der Waals surface area contributed by atoms with Crippen LogP contribution in [0.4, 0.5) is 23.1 Å². The molecule has 0 spiro atoms. The predicted molar refractivity (Wildman–Crippen MR) is 98.5 cm³/mol. The van der Waals surface area contributed by atoms with Crippen LogP contribution in [0, 0.1) is 20.8 Å². The summed E-state index contributed by atoms with van der Waals surface area (Å²) >= 11 is 6.15. The average molecular weight is 340 g/mol. The van der Waals surface area contributed by atoms with Gasteiger partial charge in [0.15, 0.2) is 5.82 Å². The van der Waals surface area contributed by atoms with Crippen LogP contribution in [0.25, 0.3) is 0 Å². The van der Waals surface area contributed by atoms with Crippen LogP contribution < -0.4 is 10.6 Å². The quantitative estimate of drug-likeness (QED) is 0.705. The molecule has 1 aromatic heterocycles. The Hall–Kier alpha value is -2.66. The van der Waals surface area contributed by atoms with Crippen molar-refractivity contribution in [1.82, 2.24) is 15.2 Å². The molecule has 6 heteroatoms. The van der Waals surface area contributed by atoms with Gasteiger partial charge in [-0.2, -0.15) is 10.1 Å². The molecule has 0 bridgehead atoms. The van der Waals surface area contributed by atoms with Gasteiger partial charge in [0.25, 0.3) is 0 Å². The van der Waals surface area contributed by atoms with Crippen molar-refractivity contribution < 1.29 is 0 Å². The molecule has 0 fully saturated rings. The lowest BCUT2D eigenvalue weighted by molar-refractivity contribution is 0.982. The third-order valence-electron chi connectivity index (χ3n) is 3.57. The van der Waals surface area contributed by atoms with Gasteiger partial charge in [0.2, 0.25) is 5.95 Å². The minimum atomic E-state index is 0.435. The second kappa shape index (κ2) is 6.84. The van der Waals surface area contributed by atoms with Gasteiger partial charge in [-0.25, -0.2) is 0 Å². The summed E-state index contributed by atoms with van der Waals surface area (Å²) in [6.45, 7) is 6.06. The number of aromatic nitrogens is 3. The van der Waals surface area contributed by atoms with E-state index in [9.17, 15) is 0 Å². The highest BCUT2D eigenvalue weighted by Gasteiger charge is 2.06. The molecule has 3 rings (SSSR count). The van der Waals surface area contributed by atoms with Gasteiger partial charge in [0.1, 0.15) is 0 Å². The molecule has 5 nitrogen and oxygen atoms in total. The van der Waals surface area contributed by atoms with Crippen LogP contribution in [0.15, 0.2) is 42.6 Å². The molecular weight excluding hydrogens is 322 g/mol. The van der Waals surface area contributed by atoms with E-state index in [2.05, 4.69) is 45.7 Å². The van der Waals surface area contributed by atoms with Gasteiger partial charge in [0.05, 0.1) is 6.20 Å². The number of nitrogens with one attached hydrogen (secondary N) is 2. The summed E-state index contributed by atoms with van der Waals surface area (Å²) in [5.74, 6) is 1.03. The lowest BCUT2D eigenvalue weighted by atomic mass is 10.1. The first-order chi connectivity index (χ1) is 11.5. The highest BCUT2D eigenvalue weighted by Crippen LogP contribution is 2.25. The predicted octanol–water partition coefficient (Wildman–Crippen LogP) is 4.94. The molecule has 24 heavy (non-hydrogen) atoms. The minimum Gasteiger partial charge on any atom is -0.339 e. The summed E-state index contributed by atoms with van der Waals surface area (Å²) in [7, 11) is 0. The Balaban J connectivity index is 1.82. The van der Waals surface area contributed by atoms with E-state index in [1.165, 1.54) is 11.1 Å². The van der Waals surface area contributed by atoms with E-state index in [4.69, 9.17) is 11.6 Å². The number of hydrogen-bond donors (Lipinski definition) is 2. The first-order valence-electron chi connectivity index (χ1n) is 7.58. The largest absolute Gasteiger partial charge is 0.339 e. The van der Waals surface area contributed by atoms with Crippen LogP contribution in [-0.2, 0) is 0 Å². The standard InChI is InChI=1S/C18H18ClN5/c1-11-7-12(2)9-14(8-11)21-18-23-17(10-20-24-18)22-16-6-4-5-15(19)13(16)3/h4-10H,1-3H3,(H2,21,22,23,24). The summed E-state index contributed by atoms with van der Waals surface area (Å²) in [6.07, 6.45) is 1.58. The lowest BCUT2D eigenvalue weighted by Crippen LogP contribution is -2.03. The summed E-state index contributed by atoms with van der Waals surface area (Å²) in [5.41, 5.74) is 5.14. The summed E-state index contributed by atoms with van der Waals surface area (Å²) in [6, 6.07) is 11.9. The third kappa shape index (κ3) is 3.81. The van der Waals surface area contributed by atoms with Gasteiger partial charge >= 0.3 is 0 Å². The van der Waals surface area contributed by atoms with Crippen molar-refractivity contribution in [2.24, 2.45) is 0 Å². The highest BCUT2D eigenvalue weighted by atomic mass is 35.5. The van der Waals surface area contributed by atoms with E-state index in [0.717, 1.165) is 16.9 Å². The van der Waals surface area contributed by atoms with Crippen molar-refractivity contribution in [3.63, 3.8) is 0 Å². The Morgan fingerprint density at radius 2 is 1.71 bits per heavy atom. The first-order valence-corrected chi connectivity index (χ1v) is 7.96. The zero-order chi connectivity index (χ0) is 17.1. The van der Waals surface area contributed by atoms with E-state index in [1.54, 1.807) is 6.20 Å². The van der Waals surface area contributed by atoms with Crippen molar-refractivity contribution in [3.05, 3.63) is 64.3 Å². The molecule has 0 unspecified atom stereocenters. The van der Waals surface area contributed by atoms with Crippen molar-refractivity contribution in [2.45, 2.75) is 20.8 Å². The van der Waals surface area contributed by atoms with Crippen LogP contribution in [0.1, 0.15) is 16.7 Å². The molecule has 0 aliphatic carbocycles. The smallest absolute Gasteiger partial charge is 0.249 e. The molecule has 2 aromatic carbocycles. The van der Waals surface area contributed by atoms with Crippen molar-refractivity contribution >= 4 is 34.7 Å². The fourth-order valence-corrected chi connectivity index (χ4v) is 2.65. The number of benzene rings is 2. The lowest BCUT2D eigenvalue weighted by Gasteiger charge is -2.11.